The van der Waals surface area contributed by atoms with Gasteiger partial charge in [0.25, 0.3) is 5.91 Å². The normalized spacial score (nSPS) is 18.3. The second kappa shape index (κ2) is 9.54. The minimum absolute atomic E-state index is 0.00948. The van der Waals surface area contributed by atoms with Crippen LogP contribution in [0.3, 0.4) is 0 Å². The van der Waals surface area contributed by atoms with Gasteiger partial charge in [-0.05, 0) is 30.2 Å². The minimum Gasteiger partial charge on any atom is -0.485 e. The fourth-order valence-corrected chi connectivity index (χ4v) is 4.41. The Morgan fingerprint density at radius 2 is 1.76 bits per heavy atom. The number of nitrogens with one attached hydrogen (secondary N) is 2. The van der Waals surface area contributed by atoms with Gasteiger partial charge in [-0.2, -0.15) is 0 Å². The predicted octanol–water partition coefficient (Wildman–Crippen LogP) is 1.81. The number of H-pyrrole nitrogens is 1. The van der Waals surface area contributed by atoms with Gasteiger partial charge in [0, 0.05) is 49.8 Å². The molecule has 1 saturated heterocycles. The molecule has 0 aliphatic carbocycles. The summed E-state index contributed by atoms with van der Waals surface area (Å²) in [5, 5.41) is 4.21. The summed E-state index contributed by atoms with van der Waals surface area (Å²) in [6.07, 6.45) is 2.16. The van der Waals surface area contributed by atoms with Crippen LogP contribution in [0.1, 0.15) is 5.56 Å². The zero-order valence-corrected chi connectivity index (χ0v) is 18.5. The predicted molar refractivity (Wildman–Crippen MR) is 124 cm³/mol. The molecule has 5 rings (SSSR count). The van der Waals surface area contributed by atoms with E-state index in [9.17, 15) is 9.59 Å². The number of ether oxygens (including phenoxy) is 2. The van der Waals surface area contributed by atoms with Crippen LogP contribution in [0.4, 0.5) is 0 Å². The third kappa shape index (κ3) is 4.80. The fourth-order valence-electron chi connectivity index (χ4n) is 4.41. The van der Waals surface area contributed by atoms with Crippen molar-refractivity contribution in [1.82, 2.24) is 20.1 Å². The molecule has 3 aromatic rings. The highest BCUT2D eigenvalue weighted by Gasteiger charge is 2.32. The van der Waals surface area contributed by atoms with E-state index in [1.807, 2.05) is 48.7 Å². The maximum atomic E-state index is 12.9. The van der Waals surface area contributed by atoms with Crippen LogP contribution in [-0.2, 0) is 16.0 Å². The molecule has 1 aromatic heterocycles. The zero-order chi connectivity index (χ0) is 22.6. The van der Waals surface area contributed by atoms with Crippen LogP contribution in [0, 0.1) is 0 Å². The molecular weight excluding hydrogens is 420 g/mol. The van der Waals surface area contributed by atoms with E-state index in [1.54, 1.807) is 4.90 Å². The first-order chi connectivity index (χ1) is 16.2. The minimum atomic E-state index is -0.626. The number of aromatic nitrogens is 1. The molecule has 1 fully saturated rings. The zero-order valence-electron chi connectivity index (χ0n) is 18.5. The molecule has 33 heavy (non-hydrogen) atoms. The quantitative estimate of drug-likeness (QED) is 0.601. The van der Waals surface area contributed by atoms with E-state index < -0.39 is 6.10 Å². The Bertz CT molecular complexity index is 1140. The summed E-state index contributed by atoms with van der Waals surface area (Å²) in [4.78, 5) is 32.4. The maximum absolute atomic E-state index is 12.9. The summed E-state index contributed by atoms with van der Waals surface area (Å²) < 4.78 is 11.5. The molecule has 8 nitrogen and oxygen atoms in total. The lowest BCUT2D eigenvalue weighted by molar-refractivity contribution is -0.143. The number of rotatable bonds is 6. The van der Waals surface area contributed by atoms with E-state index >= 15 is 0 Å². The van der Waals surface area contributed by atoms with Crippen molar-refractivity contribution in [2.75, 3.05) is 45.9 Å². The number of nitrogens with zero attached hydrogens (tertiary/aromatic N) is 2. The van der Waals surface area contributed by atoms with Crippen molar-refractivity contribution >= 4 is 22.7 Å². The van der Waals surface area contributed by atoms with Crippen LogP contribution >= 0.6 is 0 Å². The number of fused-ring (bicyclic) bond motifs is 2. The summed E-state index contributed by atoms with van der Waals surface area (Å²) in [6.45, 7) is 3.62. The Labute approximate surface area is 192 Å². The molecule has 3 heterocycles. The van der Waals surface area contributed by atoms with Gasteiger partial charge in [-0.1, -0.05) is 30.3 Å². The summed E-state index contributed by atoms with van der Waals surface area (Å²) in [7, 11) is 0. The molecule has 0 unspecified atom stereocenters. The van der Waals surface area contributed by atoms with Gasteiger partial charge in [-0.15, -0.1) is 0 Å². The number of piperazine rings is 1. The SMILES string of the molecule is O=C(CN1CCN(C(=O)[C@@H]2COc3ccccc3O2)CC1)NCCc1c[nH]c2ccccc12. The summed E-state index contributed by atoms with van der Waals surface area (Å²) in [5.74, 6) is 1.22. The Kier molecular flexibility index (Phi) is 6.17. The number of hydrogen-bond donors (Lipinski definition) is 2. The first-order valence-electron chi connectivity index (χ1n) is 11.4. The molecule has 2 aliphatic heterocycles. The van der Waals surface area contributed by atoms with Gasteiger partial charge >= 0.3 is 0 Å². The average Bonchev–Trinajstić information content (AvgIpc) is 3.27. The summed E-state index contributed by atoms with van der Waals surface area (Å²) in [6, 6.07) is 15.5. The number of amides is 2. The van der Waals surface area contributed by atoms with Crippen LogP contribution < -0.4 is 14.8 Å². The molecule has 2 N–H and O–H groups in total. The van der Waals surface area contributed by atoms with Crippen LogP contribution in [0.25, 0.3) is 10.9 Å². The smallest absolute Gasteiger partial charge is 0.267 e. The Hall–Kier alpha value is -3.52. The lowest BCUT2D eigenvalue weighted by atomic mass is 10.1. The van der Waals surface area contributed by atoms with Gasteiger partial charge in [0.2, 0.25) is 12.0 Å². The molecule has 2 amide bonds. The molecule has 2 aliphatic rings. The number of para-hydroxylation sites is 3. The molecule has 0 spiro atoms. The van der Waals surface area contributed by atoms with Gasteiger partial charge in [0.05, 0.1) is 6.54 Å². The van der Waals surface area contributed by atoms with Crippen molar-refractivity contribution < 1.29 is 19.1 Å². The van der Waals surface area contributed by atoms with E-state index in [0.29, 0.717) is 50.8 Å². The molecule has 1 atom stereocenters. The summed E-state index contributed by atoms with van der Waals surface area (Å²) in [5.41, 5.74) is 2.32. The van der Waals surface area contributed by atoms with Crippen LogP contribution in [0.2, 0.25) is 0 Å². The fraction of sp³-hybridized carbons (Fsp3) is 0.360. The summed E-state index contributed by atoms with van der Waals surface area (Å²) >= 11 is 0. The van der Waals surface area contributed by atoms with Gasteiger partial charge in [0.15, 0.2) is 11.5 Å². The highest BCUT2D eigenvalue weighted by atomic mass is 16.6. The Morgan fingerprint density at radius 1 is 1.00 bits per heavy atom. The Balaban J connectivity index is 1.04. The molecule has 2 aromatic carbocycles. The van der Waals surface area contributed by atoms with Crippen LogP contribution in [0.5, 0.6) is 11.5 Å². The average molecular weight is 449 g/mol. The first kappa shape index (κ1) is 21.3. The van der Waals surface area contributed by atoms with Crippen molar-refractivity contribution in [1.29, 1.82) is 0 Å². The lowest BCUT2D eigenvalue weighted by Crippen LogP contribution is -2.55. The van der Waals surface area contributed by atoms with Crippen molar-refractivity contribution in [3.8, 4) is 11.5 Å². The molecule has 0 radical (unpaired) electrons. The van der Waals surface area contributed by atoms with E-state index in [4.69, 9.17) is 9.47 Å². The second-order valence-corrected chi connectivity index (χ2v) is 8.43. The van der Waals surface area contributed by atoms with Crippen LogP contribution in [0.15, 0.2) is 54.7 Å². The number of aromatic amines is 1. The van der Waals surface area contributed by atoms with Gasteiger partial charge in [-0.3, -0.25) is 14.5 Å². The number of hydrogen-bond acceptors (Lipinski definition) is 5. The maximum Gasteiger partial charge on any atom is 0.267 e. The third-order valence-corrected chi connectivity index (χ3v) is 6.23. The molecule has 172 valence electrons. The van der Waals surface area contributed by atoms with Crippen molar-refractivity contribution in [3.05, 3.63) is 60.3 Å². The van der Waals surface area contributed by atoms with E-state index in [0.717, 1.165) is 11.9 Å². The van der Waals surface area contributed by atoms with Crippen molar-refractivity contribution in [2.24, 2.45) is 0 Å². The number of carbonyl (C=O) groups excluding carboxylic acids is 2. The topological polar surface area (TPSA) is 86.9 Å². The number of carbonyl (C=O) groups is 2. The van der Waals surface area contributed by atoms with E-state index in [1.165, 1.54) is 10.9 Å². The second-order valence-electron chi connectivity index (χ2n) is 8.43. The Morgan fingerprint density at radius 3 is 2.61 bits per heavy atom. The monoisotopic (exact) mass is 448 g/mol. The third-order valence-electron chi connectivity index (χ3n) is 6.23. The largest absolute Gasteiger partial charge is 0.485 e. The number of benzene rings is 2. The molecular formula is C25H28N4O4. The first-order valence-corrected chi connectivity index (χ1v) is 11.4. The van der Waals surface area contributed by atoms with Gasteiger partial charge in [-0.25, -0.2) is 0 Å². The molecule has 0 bridgehead atoms. The lowest BCUT2D eigenvalue weighted by Gasteiger charge is -2.36. The highest BCUT2D eigenvalue weighted by molar-refractivity contribution is 5.83. The van der Waals surface area contributed by atoms with Crippen molar-refractivity contribution in [2.45, 2.75) is 12.5 Å². The van der Waals surface area contributed by atoms with Gasteiger partial charge < -0.3 is 24.7 Å². The highest BCUT2D eigenvalue weighted by Crippen LogP contribution is 2.31. The molecule has 0 saturated carbocycles. The standard InChI is InChI=1S/C25H28N4O4/c30-24(26-10-9-18-15-27-20-6-2-1-5-19(18)20)16-28-11-13-29(14-12-28)25(31)23-17-32-21-7-3-4-8-22(21)33-23/h1-8,15,23,27H,9-14,16-17H2,(H,26,30)/t23-/m0/s1. The molecule has 8 heteroatoms. The van der Waals surface area contributed by atoms with Gasteiger partial charge in [0.1, 0.15) is 6.61 Å². The van der Waals surface area contributed by atoms with E-state index in [2.05, 4.69) is 21.3 Å². The van der Waals surface area contributed by atoms with Crippen LogP contribution in [-0.4, -0.2) is 78.6 Å². The van der Waals surface area contributed by atoms with Crippen molar-refractivity contribution in [3.63, 3.8) is 0 Å². The van der Waals surface area contributed by atoms with E-state index in [-0.39, 0.29) is 18.4 Å².